The van der Waals surface area contributed by atoms with Gasteiger partial charge >= 0.3 is 0 Å². The third-order valence-corrected chi connectivity index (χ3v) is 3.39. The van der Waals surface area contributed by atoms with Crippen LogP contribution in [-0.2, 0) is 0 Å². The normalized spacial score (nSPS) is 16.1. The number of likely N-dealkylation sites (tertiary alicyclic amines) is 1. The molecular formula is C15H22N6. The zero-order valence-corrected chi connectivity index (χ0v) is 12.3. The zero-order valence-electron chi connectivity index (χ0n) is 12.3. The maximum atomic E-state index is 5.67. The highest BCUT2D eigenvalue weighted by Gasteiger charge is 2.11. The predicted molar refractivity (Wildman–Crippen MR) is 84.4 cm³/mol. The number of nitrogens with two attached hydrogens (primary N) is 2. The molecule has 2 aromatic rings. The minimum atomic E-state index is 0.425. The summed E-state index contributed by atoms with van der Waals surface area (Å²) in [7, 11) is 2.14. The molecule has 0 amide bonds. The standard InChI is InChI=1S/C9H8N4.C6H14N2/c10-9-6-12-5-8(13-9)7-1-3-11-4-2-7;1-8-4-2-6(7)3-5-8/h1-6H,(H2,10,13);6H,2-5,7H2,1H3. The first-order valence-electron chi connectivity index (χ1n) is 7.07. The minimum Gasteiger partial charge on any atom is -0.382 e. The summed E-state index contributed by atoms with van der Waals surface area (Å²) in [6.45, 7) is 2.36. The van der Waals surface area contributed by atoms with Gasteiger partial charge < -0.3 is 16.4 Å². The molecule has 112 valence electrons. The van der Waals surface area contributed by atoms with Gasteiger partial charge in [-0.1, -0.05) is 0 Å². The van der Waals surface area contributed by atoms with Crippen molar-refractivity contribution in [1.29, 1.82) is 0 Å². The van der Waals surface area contributed by atoms with E-state index in [0.29, 0.717) is 11.9 Å². The van der Waals surface area contributed by atoms with Gasteiger partial charge in [-0.05, 0) is 45.1 Å². The molecule has 1 aliphatic rings. The molecule has 3 rings (SSSR count). The monoisotopic (exact) mass is 286 g/mol. The number of rotatable bonds is 1. The summed E-state index contributed by atoms with van der Waals surface area (Å²) in [5.41, 5.74) is 12.9. The Hall–Kier alpha value is -2.05. The molecule has 0 saturated carbocycles. The molecule has 4 N–H and O–H groups in total. The van der Waals surface area contributed by atoms with E-state index < -0.39 is 0 Å². The molecular weight excluding hydrogens is 264 g/mol. The van der Waals surface area contributed by atoms with E-state index in [1.165, 1.54) is 32.1 Å². The van der Waals surface area contributed by atoms with E-state index in [2.05, 4.69) is 26.9 Å². The molecule has 21 heavy (non-hydrogen) atoms. The average molecular weight is 286 g/mol. The number of nitrogens with zero attached hydrogens (tertiary/aromatic N) is 4. The molecule has 0 bridgehead atoms. The first-order chi connectivity index (χ1) is 10.1. The summed E-state index contributed by atoms with van der Waals surface area (Å²) in [6.07, 6.45) is 8.96. The molecule has 1 aliphatic heterocycles. The summed E-state index contributed by atoms with van der Waals surface area (Å²) < 4.78 is 0. The van der Waals surface area contributed by atoms with Crippen LogP contribution < -0.4 is 11.5 Å². The van der Waals surface area contributed by atoms with Crippen LogP contribution in [0, 0.1) is 0 Å². The summed E-state index contributed by atoms with van der Waals surface area (Å²) in [6, 6.07) is 4.21. The van der Waals surface area contributed by atoms with Crippen molar-refractivity contribution in [1.82, 2.24) is 19.9 Å². The lowest BCUT2D eigenvalue weighted by atomic mass is 10.1. The number of pyridine rings is 1. The molecule has 1 saturated heterocycles. The second-order valence-electron chi connectivity index (χ2n) is 5.21. The fraction of sp³-hybridized carbons (Fsp3) is 0.400. The topological polar surface area (TPSA) is 94.0 Å². The molecule has 0 aromatic carbocycles. The van der Waals surface area contributed by atoms with E-state index in [9.17, 15) is 0 Å². The maximum absolute atomic E-state index is 5.67. The van der Waals surface area contributed by atoms with E-state index >= 15 is 0 Å². The minimum absolute atomic E-state index is 0.425. The average Bonchev–Trinajstić information content (AvgIpc) is 2.52. The Bertz CT molecular complexity index is 527. The lowest BCUT2D eigenvalue weighted by molar-refractivity contribution is 0.256. The van der Waals surface area contributed by atoms with Crippen LogP contribution in [-0.4, -0.2) is 46.0 Å². The van der Waals surface area contributed by atoms with Gasteiger partial charge in [0.1, 0.15) is 5.82 Å². The van der Waals surface area contributed by atoms with Gasteiger partial charge in [-0.3, -0.25) is 9.97 Å². The summed E-state index contributed by atoms with van der Waals surface area (Å²) in [4.78, 5) is 14.3. The third-order valence-electron chi connectivity index (χ3n) is 3.39. The molecule has 1 fully saturated rings. The Morgan fingerprint density at radius 1 is 1.10 bits per heavy atom. The van der Waals surface area contributed by atoms with E-state index in [0.717, 1.165) is 11.3 Å². The van der Waals surface area contributed by atoms with Gasteiger partial charge in [-0.15, -0.1) is 0 Å². The predicted octanol–water partition coefficient (Wildman–Crippen LogP) is 1.16. The van der Waals surface area contributed by atoms with Gasteiger partial charge in [0.2, 0.25) is 0 Å². The molecule has 6 heteroatoms. The highest BCUT2D eigenvalue weighted by atomic mass is 15.1. The Labute approximate surface area is 125 Å². The van der Waals surface area contributed by atoms with Gasteiger partial charge in [0, 0.05) is 24.0 Å². The smallest absolute Gasteiger partial charge is 0.142 e. The van der Waals surface area contributed by atoms with Crippen molar-refractivity contribution in [2.24, 2.45) is 5.73 Å². The van der Waals surface area contributed by atoms with Crippen LogP contribution in [0.15, 0.2) is 36.9 Å². The van der Waals surface area contributed by atoms with Crippen molar-refractivity contribution in [2.45, 2.75) is 18.9 Å². The van der Waals surface area contributed by atoms with Crippen molar-refractivity contribution in [2.75, 3.05) is 25.9 Å². The highest BCUT2D eigenvalue weighted by molar-refractivity contribution is 5.58. The van der Waals surface area contributed by atoms with Gasteiger partial charge in [0.05, 0.1) is 18.1 Å². The Morgan fingerprint density at radius 3 is 2.33 bits per heavy atom. The van der Waals surface area contributed by atoms with Crippen molar-refractivity contribution in [3.63, 3.8) is 0 Å². The number of piperidine rings is 1. The number of nitrogen functional groups attached to an aromatic ring is 1. The molecule has 0 spiro atoms. The van der Waals surface area contributed by atoms with Crippen LogP contribution in [0.25, 0.3) is 11.3 Å². The second-order valence-corrected chi connectivity index (χ2v) is 5.21. The summed E-state index contributed by atoms with van der Waals surface area (Å²) in [5.74, 6) is 0.425. The molecule has 0 atom stereocenters. The maximum Gasteiger partial charge on any atom is 0.142 e. The molecule has 6 nitrogen and oxygen atoms in total. The van der Waals surface area contributed by atoms with Crippen LogP contribution >= 0.6 is 0 Å². The third kappa shape index (κ3) is 5.09. The van der Waals surface area contributed by atoms with E-state index in [4.69, 9.17) is 11.5 Å². The van der Waals surface area contributed by atoms with Crippen LogP contribution in [0.4, 0.5) is 5.82 Å². The van der Waals surface area contributed by atoms with Gasteiger partial charge in [-0.2, -0.15) is 0 Å². The van der Waals surface area contributed by atoms with Crippen molar-refractivity contribution < 1.29 is 0 Å². The lowest BCUT2D eigenvalue weighted by Gasteiger charge is -2.25. The largest absolute Gasteiger partial charge is 0.382 e. The fourth-order valence-electron chi connectivity index (χ4n) is 2.07. The number of hydrogen-bond donors (Lipinski definition) is 2. The Morgan fingerprint density at radius 2 is 1.76 bits per heavy atom. The van der Waals surface area contributed by atoms with Gasteiger partial charge in [0.25, 0.3) is 0 Å². The quantitative estimate of drug-likeness (QED) is 0.817. The van der Waals surface area contributed by atoms with Gasteiger partial charge in [-0.25, -0.2) is 4.98 Å². The molecule has 0 unspecified atom stereocenters. The second kappa shape index (κ2) is 7.66. The lowest BCUT2D eigenvalue weighted by Crippen LogP contribution is -2.37. The van der Waals surface area contributed by atoms with Gasteiger partial charge in [0.15, 0.2) is 0 Å². The van der Waals surface area contributed by atoms with Crippen molar-refractivity contribution >= 4 is 5.82 Å². The Balaban J connectivity index is 0.000000173. The zero-order chi connectivity index (χ0) is 15.1. The van der Waals surface area contributed by atoms with Crippen LogP contribution in [0.3, 0.4) is 0 Å². The highest BCUT2D eigenvalue weighted by Crippen LogP contribution is 2.14. The van der Waals surface area contributed by atoms with Crippen LogP contribution in [0.5, 0.6) is 0 Å². The van der Waals surface area contributed by atoms with Crippen LogP contribution in [0.1, 0.15) is 12.8 Å². The molecule has 0 radical (unpaired) electrons. The first-order valence-corrected chi connectivity index (χ1v) is 7.07. The number of hydrogen-bond acceptors (Lipinski definition) is 6. The Kier molecular flexibility index (Phi) is 5.59. The number of aromatic nitrogens is 3. The number of anilines is 1. The molecule has 0 aliphatic carbocycles. The fourth-order valence-corrected chi connectivity index (χ4v) is 2.07. The van der Waals surface area contributed by atoms with Crippen molar-refractivity contribution in [3.8, 4) is 11.3 Å². The molecule has 3 heterocycles. The summed E-state index contributed by atoms with van der Waals surface area (Å²) in [5, 5.41) is 0. The van der Waals surface area contributed by atoms with E-state index in [-0.39, 0.29) is 0 Å². The van der Waals surface area contributed by atoms with E-state index in [1.807, 2.05) is 12.1 Å². The SMILES string of the molecule is CN1CCC(N)CC1.Nc1cncc(-c2ccncc2)n1. The van der Waals surface area contributed by atoms with E-state index in [1.54, 1.807) is 18.6 Å². The molecule has 2 aromatic heterocycles. The van der Waals surface area contributed by atoms with Crippen molar-refractivity contribution in [3.05, 3.63) is 36.9 Å². The summed E-state index contributed by atoms with van der Waals surface area (Å²) >= 11 is 0. The first kappa shape index (κ1) is 15.3. The van der Waals surface area contributed by atoms with Crippen LogP contribution in [0.2, 0.25) is 0 Å².